The van der Waals surface area contributed by atoms with E-state index >= 15 is 0 Å². The van der Waals surface area contributed by atoms with Crippen LogP contribution in [0.4, 0.5) is 0 Å². The molecular formula is C15H18N+. The van der Waals surface area contributed by atoms with E-state index in [9.17, 15) is 0 Å². The molecule has 1 aliphatic carbocycles. The molecule has 0 amide bonds. The molecule has 0 N–H and O–H groups in total. The lowest BCUT2D eigenvalue weighted by atomic mass is 9.98. The fourth-order valence-corrected chi connectivity index (χ4v) is 2.92. The van der Waals surface area contributed by atoms with Crippen molar-refractivity contribution in [2.24, 2.45) is 7.05 Å². The maximum Gasteiger partial charge on any atom is 0.212 e. The minimum atomic E-state index is 0.802. The molecule has 1 saturated carbocycles. The summed E-state index contributed by atoms with van der Waals surface area (Å²) in [4.78, 5) is 0. The zero-order valence-corrected chi connectivity index (χ0v) is 9.82. The van der Waals surface area contributed by atoms with E-state index in [-0.39, 0.29) is 0 Å². The van der Waals surface area contributed by atoms with Crippen LogP contribution in [0.3, 0.4) is 0 Å². The van der Waals surface area contributed by atoms with Crippen molar-refractivity contribution in [1.82, 2.24) is 0 Å². The lowest BCUT2D eigenvalue weighted by Crippen LogP contribution is -2.29. The lowest BCUT2D eigenvalue weighted by Gasteiger charge is -2.08. The van der Waals surface area contributed by atoms with Gasteiger partial charge in [-0.1, -0.05) is 25.0 Å². The normalized spacial score (nSPS) is 17.1. The first kappa shape index (κ1) is 9.83. The van der Waals surface area contributed by atoms with E-state index in [1.165, 1.54) is 42.1 Å². The fraction of sp³-hybridized carbons (Fsp3) is 0.400. The molecule has 0 saturated heterocycles. The first-order valence-corrected chi connectivity index (χ1v) is 6.23. The number of para-hydroxylation sites is 1. The Morgan fingerprint density at radius 1 is 1.12 bits per heavy atom. The van der Waals surface area contributed by atoms with Crippen LogP contribution in [0.5, 0.6) is 0 Å². The average molecular weight is 212 g/mol. The first-order chi connectivity index (χ1) is 7.84. The monoisotopic (exact) mass is 212 g/mol. The first-order valence-electron chi connectivity index (χ1n) is 6.23. The van der Waals surface area contributed by atoms with E-state index in [0.717, 1.165) is 5.92 Å². The SMILES string of the molecule is C[n+]1cc(C2CCCC2)cc2ccccc21. The molecule has 1 nitrogen and oxygen atoms in total. The van der Waals surface area contributed by atoms with Gasteiger partial charge in [0.15, 0.2) is 6.20 Å². The summed E-state index contributed by atoms with van der Waals surface area (Å²) in [5.41, 5.74) is 2.85. The third-order valence-corrected chi connectivity index (χ3v) is 3.81. The van der Waals surface area contributed by atoms with Crippen molar-refractivity contribution in [1.29, 1.82) is 0 Å². The van der Waals surface area contributed by atoms with E-state index in [1.807, 2.05) is 0 Å². The number of hydrogen-bond acceptors (Lipinski definition) is 0. The second kappa shape index (κ2) is 3.89. The van der Waals surface area contributed by atoms with Crippen molar-refractivity contribution in [3.8, 4) is 0 Å². The summed E-state index contributed by atoms with van der Waals surface area (Å²) in [7, 11) is 2.15. The van der Waals surface area contributed by atoms with Gasteiger partial charge in [0.1, 0.15) is 7.05 Å². The zero-order chi connectivity index (χ0) is 11.0. The molecule has 1 heterocycles. The quantitative estimate of drug-likeness (QED) is 0.638. The van der Waals surface area contributed by atoms with Crippen molar-refractivity contribution < 1.29 is 4.57 Å². The number of aromatic nitrogens is 1. The molecule has 0 spiro atoms. The Balaban J connectivity index is 2.13. The molecule has 0 bridgehead atoms. The molecule has 0 radical (unpaired) electrons. The number of aryl methyl sites for hydroxylation is 1. The van der Waals surface area contributed by atoms with Crippen molar-refractivity contribution in [3.63, 3.8) is 0 Å². The largest absolute Gasteiger partial charge is 0.212 e. The molecule has 2 aromatic rings. The minimum Gasteiger partial charge on any atom is -0.201 e. The Morgan fingerprint density at radius 3 is 2.69 bits per heavy atom. The van der Waals surface area contributed by atoms with Crippen LogP contribution in [0.15, 0.2) is 36.5 Å². The molecule has 0 unspecified atom stereocenters. The van der Waals surface area contributed by atoms with Crippen molar-refractivity contribution in [2.45, 2.75) is 31.6 Å². The molecule has 1 aromatic heterocycles. The van der Waals surface area contributed by atoms with E-state index in [1.54, 1.807) is 0 Å². The van der Waals surface area contributed by atoms with Crippen LogP contribution in [0, 0.1) is 0 Å². The van der Waals surface area contributed by atoms with Crippen molar-refractivity contribution in [3.05, 3.63) is 42.1 Å². The standard InChI is InChI=1S/C15H18N/c1-16-11-14(12-6-2-3-7-12)10-13-8-4-5-9-15(13)16/h4-5,8-12H,2-3,6-7H2,1H3/q+1. The van der Waals surface area contributed by atoms with Crippen LogP contribution in [0.1, 0.15) is 37.2 Å². The Hall–Kier alpha value is -1.37. The number of benzene rings is 1. The van der Waals surface area contributed by atoms with Crippen molar-refractivity contribution in [2.75, 3.05) is 0 Å². The Bertz CT molecular complexity index is 510. The zero-order valence-electron chi connectivity index (χ0n) is 9.82. The van der Waals surface area contributed by atoms with Crippen LogP contribution >= 0.6 is 0 Å². The van der Waals surface area contributed by atoms with E-state index in [0.29, 0.717) is 0 Å². The van der Waals surface area contributed by atoms with Gasteiger partial charge in [-0.2, -0.15) is 0 Å². The summed E-state index contributed by atoms with van der Waals surface area (Å²) >= 11 is 0. The van der Waals surface area contributed by atoms with Gasteiger partial charge in [-0.05, 0) is 30.9 Å². The van der Waals surface area contributed by atoms with Gasteiger partial charge in [0.05, 0.1) is 0 Å². The summed E-state index contributed by atoms with van der Waals surface area (Å²) in [5.74, 6) is 0.802. The Kier molecular flexibility index (Phi) is 2.39. The predicted octanol–water partition coefficient (Wildman–Crippen LogP) is 3.32. The minimum absolute atomic E-state index is 0.802. The van der Waals surface area contributed by atoms with Gasteiger partial charge in [0.2, 0.25) is 5.52 Å². The Morgan fingerprint density at radius 2 is 1.88 bits per heavy atom. The highest BCUT2D eigenvalue weighted by Crippen LogP contribution is 2.34. The van der Waals surface area contributed by atoms with Gasteiger partial charge < -0.3 is 0 Å². The molecule has 1 aromatic carbocycles. The molecule has 3 rings (SSSR count). The number of fused-ring (bicyclic) bond motifs is 1. The van der Waals surface area contributed by atoms with Gasteiger partial charge in [0.25, 0.3) is 0 Å². The van der Waals surface area contributed by atoms with E-state index in [2.05, 4.69) is 48.1 Å². The molecular weight excluding hydrogens is 194 g/mol. The van der Waals surface area contributed by atoms with E-state index in [4.69, 9.17) is 0 Å². The highest BCUT2D eigenvalue weighted by atomic mass is 14.9. The van der Waals surface area contributed by atoms with Gasteiger partial charge in [-0.3, -0.25) is 0 Å². The highest BCUT2D eigenvalue weighted by Gasteiger charge is 2.20. The van der Waals surface area contributed by atoms with Crippen LogP contribution < -0.4 is 4.57 Å². The lowest BCUT2D eigenvalue weighted by molar-refractivity contribution is -0.645. The number of rotatable bonds is 1. The van der Waals surface area contributed by atoms with Gasteiger partial charge in [0, 0.05) is 17.0 Å². The Labute approximate surface area is 96.7 Å². The highest BCUT2D eigenvalue weighted by molar-refractivity contribution is 5.75. The fourth-order valence-electron chi connectivity index (χ4n) is 2.92. The average Bonchev–Trinajstić information content (AvgIpc) is 2.82. The van der Waals surface area contributed by atoms with E-state index < -0.39 is 0 Å². The second-order valence-electron chi connectivity index (χ2n) is 4.92. The smallest absolute Gasteiger partial charge is 0.201 e. The van der Waals surface area contributed by atoms with Crippen LogP contribution in [-0.2, 0) is 7.05 Å². The second-order valence-corrected chi connectivity index (χ2v) is 4.92. The summed E-state index contributed by atoms with van der Waals surface area (Å²) < 4.78 is 2.27. The summed E-state index contributed by atoms with van der Waals surface area (Å²) in [6.07, 6.45) is 7.87. The topological polar surface area (TPSA) is 3.88 Å². The van der Waals surface area contributed by atoms with Crippen LogP contribution in [0.25, 0.3) is 10.9 Å². The molecule has 82 valence electrons. The molecule has 1 aliphatic rings. The van der Waals surface area contributed by atoms with Gasteiger partial charge >= 0.3 is 0 Å². The summed E-state index contributed by atoms with van der Waals surface area (Å²) in [5, 5.41) is 1.37. The van der Waals surface area contributed by atoms with Crippen molar-refractivity contribution >= 4 is 10.9 Å². The number of pyridine rings is 1. The third-order valence-electron chi connectivity index (χ3n) is 3.81. The summed E-state index contributed by atoms with van der Waals surface area (Å²) in [6, 6.07) is 11.0. The number of nitrogens with zero attached hydrogens (tertiary/aromatic N) is 1. The maximum atomic E-state index is 2.38. The molecule has 0 aliphatic heterocycles. The van der Waals surface area contributed by atoms with Crippen LogP contribution in [-0.4, -0.2) is 0 Å². The van der Waals surface area contributed by atoms with Crippen LogP contribution in [0.2, 0.25) is 0 Å². The summed E-state index contributed by atoms with van der Waals surface area (Å²) in [6.45, 7) is 0. The molecule has 1 fully saturated rings. The maximum absolute atomic E-state index is 2.38. The number of hydrogen-bond donors (Lipinski definition) is 0. The molecule has 1 heteroatoms. The molecule has 0 atom stereocenters. The third kappa shape index (κ3) is 1.60. The van der Waals surface area contributed by atoms with Gasteiger partial charge in [-0.25, -0.2) is 4.57 Å². The predicted molar refractivity (Wildman–Crippen MR) is 66.3 cm³/mol. The van der Waals surface area contributed by atoms with Gasteiger partial charge in [-0.15, -0.1) is 0 Å². The molecule has 16 heavy (non-hydrogen) atoms.